The van der Waals surface area contributed by atoms with Crippen molar-refractivity contribution in [1.82, 2.24) is 9.78 Å². The third kappa shape index (κ3) is 2.14. The SMILES string of the molecule is CC(C(=O)N1CCCc2ccccc21)n1cccn1. The standard InChI is InChI=1S/C15H17N3O/c1-12(18-11-5-9-16-18)15(19)17-10-4-7-13-6-2-3-8-14(13)17/h2-3,5-6,8-9,11-12H,4,7,10H2,1H3. The molecule has 1 atom stereocenters. The number of aromatic nitrogens is 2. The van der Waals surface area contributed by atoms with Gasteiger partial charge in [-0.2, -0.15) is 5.10 Å². The molecule has 0 N–H and O–H groups in total. The third-order valence-electron chi connectivity index (χ3n) is 3.66. The fourth-order valence-electron chi connectivity index (χ4n) is 2.61. The summed E-state index contributed by atoms with van der Waals surface area (Å²) in [6, 6.07) is 9.73. The molecule has 1 aromatic carbocycles. The number of carbonyl (C=O) groups is 1. The van der Waals surface area contributed by atoms with Crippen LogP contribution in [0.25, 0.3) is 0 Å². The molecular weight excluding hydrogens is 238 g/mol. The number of hydrogen-bond donors (Lipinski definition) is 0. The van der Waals surface area contributed by atoms with Crippen molar-refractivity contribution >= 4 is 11.6 Å². The van der Waals surface area contributed by atoms with E-state index in [1.54, 1.807) is 10.9 Å². The molecule has 3 rings (SSSR count). The summed E-state index contributed by atoms with van der Waals surface area (Å²) in [5.74, 6) is 0.107. The first-order valence-electron chi connectivity index (χ1n) is 6.66. The molecule has 1 aromatic heterocycles. The number of amides is 1. The molecule has 1 aliphatic heterocycles. The Labute approximate surface area is 112 Å². The highest BCUT2D eigenvalue weighted by atomic mass is 16.2. The maximum absolute atomic E-state index is 12.6. The fraction of sp³-hybridized carbons (Fsp3) is 0.333. The second kappa shape index (κ2) is 4.88. The molecule has 2 heterocycles. The number of aryl methyl sites for hydroxylation is 1. The van der Waals surface area contributed by atoms with Gasteiger partial charge in [-0.05, 0) is 37.5 Å². The topological polar surface area (TPSA) is 38.1 Å². The monoisotopic (exact) mass is 255 g/mol. The number of hydrogen-bond acceptors (Lipinski definition) is 2. The Balaban J connectivity index is 1.89. The molecule has 98 valence electrons. The Kier molecular flexibility index (Phi) is 3.07. The zero-order chi connectivity index (χ0) is 13.2. The van der Waals surface area contributed by atoms with Crippen molar-refractivity contribution in [3.8, 4) is 0 Å². The van der Waals surface area contributed by atoms with Crippen molar-refractivity contribution in [3.05, 3.63) is 48.3 Å². The normalized spacial score (nSPS) is 15.9. The van der Waals surface area contributed by atoms with Crippen LogP contribution in [0.2, 0.25) is 0 Å². The highest BCUT2D eigenvalue weighted by Gasteiger charge is 2.26. The van der Waals surface area contributed by atoms with E-state index in [9.17, 15) is 4.79 Å². The third-order valence-corrected chi connectivity index (χ3v) is 3.66. The van der Waals surface area contributed by atoms with Crippen molar-refractivity contribution in [2.75, 3.05) is 11.4 Å². The van der Waals surface area contributed by atoms with Crippen LogP contribution in [0, 0.1) is 0 Å². The molecule has 4 heteroatoms. The van der Waals surface area contributed by atoms with Crippen molar-refractivity contribution in [2.45, 2.75) is 25.8 Å². The molecule has 0 bridgehead atoms. The molecule has 19 heavy (non-hydrogen) atoms. The van der Waals surface area contributed by atoms with Gasteiger partial charge in [-0.3, -0.25) is 9.48 Å². The van der Waals surface area contributed by atoms with Crippen LogP contribution >= 0.6 is 0 Å². The van der Waals surface area contributed by atoms with Gasteiger partial charge in [-0.25, -0.2) is 0 Å². The summed E-state index contributed by atoms with van der Waals surface area (Å²) in [5.41, 5.74) is 2.31. The van der Waals surface area contributed by atoms with Crippen LogP contribution in [-0.2, 0) is 11.2 Å². The minimum absolute atomic E-state index is 0.107. The van der Waals surface area contributed by atoms with E-state index in [1.807, 2.05) is 42.3 Å². The molecule has 1 amide bonds. The molecule has 0 aliphatic carbocycles. The first-order valence-corrected chi connectivity index (χ1v) is 6.66. The van der Waals surface area contributed by atoms with E-state index in [2.05, 4.69) is 11.2 Å². The van der Waals surface area contributed by atoms with E-state index in [1.165, 1.54) is 5.56 Å². The van der Waals surface area contributed by atoms with E-state index in [-0.39, 0.29) is 11.9 Å². The Morgan fingerprint density at radius 2 is 2.16 bits per heavy atom. The largest absolute Gasteiger partial charge is 0.310 e. The van der Waals surface area contributed by atoms with E-state index in [0.29, 0.717) is 0 Å². The summed E-state index contributed by atoms with van der Waals surface area (Å²) in [5, 5.41) is 4.16. The maximum Gasteiger partial charge on any atom is 0.251 e. The lowest BCUT2D eigenvalue weighted by Gasteiger charge is -2.31. The zero-order valence-electron chi connectivity index (χ0n) is 11.0. The molecule has 1 unspecified atom stereocenters. The molecule has 0 saturated carbocycles. The second-order valence-electron chi connectivity index (χ2n) is 4.88. The van der Waals surface area contributed by atoms with E-state index >= 15 is 0 Å². The number of anilines is 1. The number of nitrogens with zero attached hydrogens (tertiary/aromatic N) is 3. The van der Waals surface area contributed by atoms with Gasteiger partial charge in [0.1, 0.15) is 6.04 Å². The number of carbonyl (C=O) groups excluding carboxylic acids is 1. The summed E-state index contributed by atoms with van der Waals surface area (Å²) < 4.78 is 1.71. The molecule has 0 saturated heterocycles. The van der Waals surface area contributed by atoms with E-state index < -0.39 is 0 Å². The minimum Gasteiger partial charge on any atom is -0.310 e. The molecule has 0 spiro atoms. The lowest BCUT2D eigenvalue weighted by atomic mass is 10.0. The Morgan fingerprint density at radius 3 is 2.95 bits per heavy atom. The van der Waals surface area contributed by atoms with Gasteiger partial charge in [-0.1, -0.05) is 18.2 Å². The Hall–Kier alpha value is -2.10. The summed E-state index contributed by atoms with van der Waals surface area (Å²) in [7, 11) is 0. The lowest BCUT2D eigenvalue weighted by molar-refractivity contribution is -0.121. The predicted octanol–water partition coefficient (Wildman–Crippen LogP) is 2.42. The van der Waals surface area contributed by atoms with Gasteiger partial charge in [0.25, 0.3) is 5.91 Å². The minimum atomic E-state index is -0.263. The van der Waals surface area contributed by atoms with Gasteiger partial charge >= 0.3 is 0 Å². The van der Waals surface area contributed by atoms with Gasteiger partial charge in [-0.15, -0.1) is 0 Å². The first kappa shape index (κ1) is 12.0. The van der Waals surface area contributed by atoms with Crippen molar-refractivity contribution in [2.24, 2.45) is 0 Å². The maximum atomic E-state index is 12.6. The molecule has 0 radical (unpaired) electrons. The van der Waals surface area contributed by atoms with Crippen molar-refractivity contribution < 1.29 is 4.79 Å². The van der Waals surface area contributed by atoms with Gasteiger partial charge in [0, 0.05) is 24.6 Å². The van der Waals surface area contributed by atoms with Crippen LogP contribution in [0.1, 0.15) is 24.9 Å². The van der Waals surface area contributed by atoms with Crippen LogP contribution in [0.3, 0.4) is 0 Å². The van der Waals surface area contributed by atoms with Crippen LogP contribution in [0.5, 0.6) is 0 Å². The number of fused-ring (bicyclic) bond motifs is 1. The smallest absolute Gasteiger partial charge is 0.251 e. The van der Waals surface area contributed by atoms with E-state index in [4.69, 9.17) is 0 Å². The number of para-hydroxylation sites is 1. The summed E-state index contributed by atoms with van der Waals surface area (Å²) >= 11 is 0. The summed E-state index contributed by atoms with van der Waals surface area (Å²) in [6.07, 6.45) is 5.61. The lowest BCUT2D eigenvalue weighted by Crippen LogP contribution is -2.39. The number of benzene rings is 1. The Morgan fingerprint density at radius 1 is 1.32 bits per heavy atom. The molecule has 4 nitrogen and oxygen atoms in total. The van der Waals surface area contributed by atoms with Crippen LogP contribution in [0.15, 0.2) is 42.7 Å². The molecule has 2 aromatic rings. The molecule has 0 fully saturated rings. The zero-order valence-corrected chi connectivity index (χ0v) is 11.0. The number of rotatable bonds is 2. The van der Waals surface area contributed by atoms with Crippen LogP contribution in [0.4, 0.5) is 5.69 Å². The highest BCUT2D eigenvalue weighted by Crippen LogP contribution is 2.28. The molecule has 1 aliphatic rings. The quantitative estimate of drug-likeness (QED) is 0.826. The summed E-state index contributed by atoms with van der Waals surface area (Å²) in [4.78, 5) is 14.5. The van der Waals surface area contributed by atoms with Gasteiger partial charge in [0.05, 0.1) is 0 Å². The van der Waals surface area contributed by atoms with Gasteiger partial charge < -0.3 is 4.90 Å². The average Bonchev–Trinajstić information content (AvgIpc) is 2.99. The van der Waals surface area contributed by atoms with Crippen molar-refractivity contribution in [1.29, 1.82) is 0 Å². The average molecular weight is 255 g/mol. The highest BCUT2D eigenvalue weighted by molar-refractivity contribution is 5.96. The Bertz CT molecular complexity index is 577. The van der Waals surface area contributed by atoms with E-state index in [0.717, 1.165) is 25.1 Å². The first-order chi connectivity index (χ1) is 9.27. The second-order valence-corrected chi connectivity index (χ2v) is 4.88. The van der Waals surface area contributed by atoms with Gasteiger partial charge in [0.2, 0.25) is 0 Å². The van der Waals surface area contributed by atoms with Gasteiger partial charge in [0.15, 0.2) is 0 Å². The van der Waals surface area contributed by atoms with Crippen molar-refractivity contribution in [3.63, 3.8) is 0 Å². The summed E-state index contributed by atoms with van der Waals surface area (Å²) in [6.45, 7) is 2.69. The fourth-order valence-corrected chi connectivity index (χ4v) is 2.61. The molecular formula is C15H17N3O. The predicted molar refractivity (Wildman–Crippen MR) is 74.1 cm³/mol. The van der Waals surface area contributed by atoms with Crippen LogP contribution in [-0.4, -0.2) is 22.2 Å². The van der Waals surface area contributed by atoms with Crippen LogP contribution < -0.4 is 4.90 Å².